The van der Waals surface area contributed by atoms with Crippen molar-refractivity contribution in [2.24, 2.45) is 0 Å². The van der Waals surface area contributed by atoms with E-state index >= 15 is 0 Å². The Kier molecular flexibility index (Phi) is 3.96. The maximum absolute atomic E-state index is 13.0. The lowest BCUT2D eigenvalue weighted by Crippen LogP contribution is -2.16. The van der Waals surface area contributed by atoms with Gasteiger partial charge in [0.15, 0.2) is 0 Å². The van der Waals surface area contributed by atoms with Crippen LogP contribution in [0.5, 0.6) is 0 Å². The normalized spacial score (nSPS) is 11.9. The first-order valence-electron chi connectivity index (χ1n) is 7.02. The fraction of sp³-hybridized carbons (Fsp3) is 0.188. The summed E-state index contributed by atoms with van der Waals surface area (Å²) in [5, 5.41) is 9.03. The van der Waals surface area contributed by atoms with Crippen LogP contribution in [0.3, 0.4) is 0 Å². The van der Waals surface area contributed by atoms with Gasteiger partial charge in [-0.1, -0.05) is 30.3 Å². The third-order valence-electron chi connectivity index (χ3n) is 3.42. The standard InChI is InChI=1S/C16H16N2O3S/c19-12-6-11-16-17-14-9-4-5-10-15(14)18(16)22(20,21)13-7-2-1-3-8-13/h1-5,7-10,19H,6,11-12H2. The van der Waals surface area contributed by atoms with Crippen molar-refractivity contribution in [1.29, 1.82) is 0 Å². The highest BCUT2D eigenvalue weighted by molar-refractivity contribution is 7.90. The molecule has 22 heavy (non-hydrogen) atoms. The zero-order valence-electron chi connectivity index (χ0n) is 11.9. The second kappa shape index (κ2) is 5.90. The van der Waals surface area contributed by atoms with E-state index in [0.29, 0.717) is 29.7 Å². The molecule has 3 aromatic rings. The smallest absolute Gasteiger partial charge is 0.269 e. The summed E-state index contributed by atoms with van der Waals surface area (Å²) in [5.41, 5.74) is 1.19. The minimum absolute atomic E-state index is 0.00537. The highest BCUT2D eigenvalue weighted by Gasteiger charge is 2.23. The van der Waals surface area contributed by atoms with Crippen molar-refractivity contribution < 1.29 is 13.5 Å². The Bertz CT molecular complexity index is 886. The van der Waals surface area contributed by atoms with Crippen molar-refractivity contribution in [3.63, 3.8) is 0 Å². The van der Waals surface area contributed by atoms with Gasteiger partial charge in [-0.25, -0.2) is 17.4 Å². The fourth-order valence-corrected chi connectivity index (χ4v) is 3.95. The molecule has 114 valence electrons. The molecule has 0 aliphatic heterocycles. The summed E-state index contributed by atoms with van der Waals surface area (Å²) in [4.78, 5) is 4.64. The van der Waals surface area contributed by atoms with Crippen molar-refractivity contribution >= 4 is 21.1 Å². The molecule has 0 unspecified atom stereocenters. The van der Waals surface area contributed by atoms with Crippen molar-refractivity contribution in [1.82, 2.24) is 8.96 Å². The molecule has 1 aromatic heterocycles. The van der Waals surface area contributed by atoms with Crippen LogP contribution in [-0.4, -0.2) is 29.1 Å². The summed E-state index contributed by atoms with van der Waals surface area (Å²) in [7, 11) is -3.71. The van der Waals surface area contributed by atoms with Gasteiger partial charge in [0.05, 0.1) is 15.9 Å². The zero-order chi connectivity index (χ0) is 15.6. The van der Waals surface area contributed by atoms with Gasteiger partial charge in [0.2, 0.25) is 0 Å². The average Bonchev–Trinajstić information content (AvgIpc) is 2.92. The number of hydrogen-bond donors (Lipinski definition) is 1. The first-order chi connectivity index (χ1) is 10.6. The molecule has 0 saturated heterocycles. The van der Waals surface area contributed by atoms with E-state index in [0.717, 1.165) is 0 Å². The van der Waals surface area contributed by atoms with Crippen LogP contribution in [0.1, 0.15) is 12.2 Å². The second-order valence-corrected chi connectivity index (χ2v) is 6.71. The van der Waals surface area contributed by atoms with Crippen LogP contribution in [0.2, 0.25) is 0 Å². The minimum Gasteiger partial charge on any atom is -0.396 e. The first-order valence-corrected chi connectivity index (χ1v) is 8.46. The molecule has 0 radical (unpaired) electrons. The largest absolute Gasteiger partial charge is 0.396 e. The lowest BCUT2D eigenvalue weighted by atomic mass is 10.3. The maximum Gasteiger partial charge on any atom is 0.269 e. The minimum atomic E-state index is -3.71. The molecule has 0 aliphatic carbocycles. The predicted octanol–water partition coefficient (Wildman–Crippen LogP) is 2.20. The average molecular weight is 316 g/mol. The van der Waals surface area contributed by atoms with Crippen LogP contribution in [0.4, 0.5) is 0 Å². The van der Waals surface area contributed by atoms with Crippen LogP contribution in [0.25, 0.3) is 11.0 Å². The summed E-state index contributed by atoms with van der Waals surface area (Å²) >= 11 is 0. The number of fused-ring (bicyclic) bond motifs is 1. The Morgan fingerprint density at radius 1 is 1.00 bits per heavy atom. The lowest BCUT2D eigenvalue weighted by molar-refractivity contribution is 0.287. The van der Waals surface area contributed by atoms with Crippen molar-refractivity contribution in [3.05, 3.63) is 60.4 Å². The van der Waals surface area contributed by atoms with E-state index in [4.69, 9.17) is 5.11 Å². The summed E-state index contributed by atoms with van der Waals surface area (Å²) in [6.45, 7) is -0.00537. The van der Waals surface area contributed by atoms with Gasteiger partial charge in [-0.15, -0.1) is 0 Å². The maximum atomic E-state index is 13.0. The molecule has 0 spiro atoms. The SMILES string of the molecule is O=S(=O)(c1ccccc1)n1c(CCCO)nc2ccccc21. The first kappa shape index (κ1) is 14.7. The van der Waals surface area contributed by atoms with E-state index < -0.39 is 10.0 Å². The summed E-state index contributed by atoms with van der Waals surface area (Å²) in [5.74, 6) is 0.444. The fourth-order valence-electron chi connectivity index (χ4n) is 2.41. The molecule has 5 nitrogen and oxygen atoms in total. The van der Waals surface area contributed by atoms with E-state index in [-0.39, 0.29) is 11.5 Å². The molecule has 3 rings (SSSR count). The van der Waals surface area contributed by atoms with E-state index in [1.54, 1.807) is 48.5 Å². The Hall–Kier alpha value is -2.18. The van der Waals surface area contributed by atoms with Gasteiger partial charge >= 0.3 is 0 Å². The Morgan fingerprint density at radius 2 is 1.68 bits per heavy atom. The number of imidazole rings is 1. The number of aromatic nitrogens is 2. The topological polar surface area (TPSA) is 72.2 Å². The van der Waals surface area contributed by atoms with Crippen molar-refractivity contribution in [2.45, 2.75) is 17.7 Å². The van der Waals surface area contributed by atoms with Crippen LogP contribution in [-0.2, 0) is 16.4 Å². The van der Waals surface area contributed by atoms with Crippen LogP contribution in [0.15, 0.2) is 59.5 Å². The number of hydrogen-bond acceptors (Lipinski definition) is 4. The molecule has 2 aromatic carbocycles. The van der Waals surface area contributed by atoms with Gasteiger partial charge in [-0.2, -0.15) is 0 Å². The van der Waals surface area contributed by atoms with Crippen LogP contribution < -0.4 is 0 Å². The van der Waals surface area contributed by atoms with E-state index in [1.807, 2.05) is 6.07 Å². The molecular formula is C16H16N2O3S. The molecule has 6 heteroatoms. The summed E-state index contributed by atoms with van der Waals surface area (Å²) in [6, 6.07) is 15.4. The molecule has 1 N–H and O–H groups in total. The van der Waals surface area contributed by atoms with Gasteiger partial charge in [-0.3, -0.25) is 0 Å². The van der Waals surface area contributed by atoms with Gasteiger partial charge < -0.3 is 5.11 Å². The molecule has 0 saturated carbocycles. The number of para-hydroxylation sites is 2. The molecule has 0 fully saturated rings. The van der Waals surface area contributed by atoms with Crippen molar-refractivity contribution in [3.8, 4) is 0 Å². The van der Waals surface area contributed by atoms with Gasteiger partial charge in [0.1, 0.15) is 5.82 Å². The number of rotatable bonds is 5. The van der Waals surface area contributed by atoms with E-state index in [1.165, 1.54) is 3.97 Å². The van der Waals surface area contributed by atoms with Gasteiger partial charge in [0, 0.05) is 13.0 Å². The molecule has 0 bridgehead atoms. The molecule has 0 aliphatic rings. The number of benzene rings is 2. The Morgan fingerprint density at radius 3 is 2.41 bits per heavy atom. The third-order valence-corrected chi connectivity index (χ3v) is 5.18. The number of nitrogens with zero attached hydrogens (tertiary/aromatic N) is 2. The number of aliphatic hydroxyl groups is 1. The van der Waals surface area contributed by atoms with E-state index in [2.05, 4.69) is 4.98 Å². The predicted molar refractivity (Wildman–Crippen MR) is 84.2 cm³/mol. The highest BCUT2D eigenvalue weighted by Crippen LogP contribution is 2.23. The van der Waals surface area contributed by atoms with Crippen LogP contribution in [0, 0.1) is 0 Å². The van der Waals surface area contributed by atoms with Gasteiger partial charge in [0.25, 0.3) is 10.0 Å². The molecule has 0 amide bonds. The zero-order valence-corrected chi connectivity index (χ0v) is 12.7. The van der Waals surface area contributed by atoms with Crippen LogP contribution >= 0.6 is 0 Å². The van der Waals surface area contributed by atoms with Crippen molar-refractivity contribution in [2.75, 3.05) is 6.61 Å². The highest BCUT2D eigenvalue weighted by atomic mass is 32.2. The molecular weight excluding hydrogens is 300 g/mol. The summed E-state index contributed by atoms with van der Waals surface area (Å²) < 4.78 is 27.2. The lowest BCUT2D eigenvalue weighted by Gasteiger charge is -2.10. The quantitative estimate of drug-likeness (QED) is 0.783. The molecule has 0 atom stereocenters. The second-order valence-electron chi connectivity index (χ2n) is 4.93. The molecule has 1 heterocycles. The summed E-state index contributed by atoms with van der Waals surface area (Å²) in [6.07, 6.45) is 0.866. The Balaban J connectivity index is 2.24. The Labute approximate surface area is 128 Å². The van der Waals surface area contributed by atoms with Gasteiger partial charge in [-0.05, 0) is 30.7 Å². The van der Waals surface area contributed by atoms with E-state index in [9.17, 15) is 8.42 Å². The number of aryl methyl sites for hydroxylation is 1. The number of aliphatic hydroxyl groups excluding tert-OH is 1. The monoisotopic (exact) mass is 316 g/mol. The third kappa shape index (κ3) is 2.51.